The molecule has 0 radical (unpaired) electrons. The molecule has 0 aliphatic carbocycles. The van der Waals surface area contributed by atoms with Gasteiger partial charge in [-0.05, 0) is 6.92 Å². The van der Waals surface area contributed by atoms with E-state index in [1.165, 1.54) is 0 Å². The molecule has 5 nitrogen and oxygen atoms in total. The molecule has 2 aromatic heterocycles. The predicted octanol–water partition coefficient (Wildman–Crippen LogP) is 1.43. The second-order valence-electron chi connectivity index (χ2n) is 3.80. The number of halogens is 3. The van der Waals surface area contributed by atoms with Crippen LogP contribution in [0.4, 0.5) is 19.0 Å². The molecule has 0 saturated heterocycles. The smallest absolute Gasteiger partial charge is 0.369 e. The fourth-order valence-electron chi connectivity index (χ4n) is 1.56. The molecule has 2 rings (SSSR count). The number of aryl methyl sites for hydroxylation is 1. The minimum atomic E-state index is -4.48. The van der Waals surface area contributed by atoms with Crippen molar-refractivity contribution >= 4 is 11.5 Å². The SMILES string of the molecule is Cc1cc(NCCN)n2nc(C(F)(F)F)cc2n1. The molecule has 0 saturated carbocycles. The van der Waals surface area contributed by atoms with E-state index in [0.717, 1.165) is 10.6 Å². The second-order valence-corrected chi connectivity index (χ2v) is 3.80. The summed E-state index contributed by atoms with van der Waals surface area (Å²) in [6, 6.07) is 2.54. The summed E-state index contributed by atoms with van der Waals surface area (Å²) in [5, 5.41) is 6.41. The van der Waals surface area contributed by atoms with Gasteiger partial charge in [-0.3, -0.25) is 0 Å². The third-order valence-corrected chi connectivity index (χ3v) is 2.30. The molecule has 0 fully saturated rings. The van der Waals surface area contributed by atoms with E-state index in [-0.39, 0.29) is 5.65 Å². The molecular formula is C10H12F3N5. The number of nitrogens with one attached hydrogen (secondary N) is 1. The first kappa shape index (κ1) is 12.6. The van der Waals surface area contributed by atoms with Gasteiger partial charge in [0.15, 0.2) is 11.3 Å². The fraction of sp³-hybridized carbons (Fsp3) is 0.400. The van der Waals surface area contributed by atoms with Gasteiger partial charge in [-0.2, -0.15) is 22.8 Å². The maximum Gasteiger partial charge on any atom is 0.435 e. The second kappa shape index (κ2) is 4.45. The maximum atomic E-state index is 12.6. The lowest BCUT2D eigenvalue weighted by Crippen LogP contribution is -2.16. The number of nitrogens with zero attached hydrogens (tertiary/aromatic N) is 3. The molecule has 18 heavy (non-hydrogen) atoms. The van der Waals surface area contributed by atoms with Crippen LogP contribution in [0.1, 0.15) is 11.4 Å². The van der Waals surface area contributed by atoms with Crippen molar-refractivity contribution in [1.82, 2.24) is 14.6 Å². The third-order valence-electron chi connectivity index (χ3n) is 2.30. The molecule has 0 aliphatic rings. The monoisotopic (exact) mass is 259 g/mol. The first-order valence-corrected chi connectivity index (χ1v) is 5.30. The molecule has 0 unspecified atom stereocenters. The quantitative estimate of drug-likeness (QED) is 0.875. The number of alkyl halides is 3. The Kier molecular flexibility index (Phi) is 3.12. The van der Waals surface area contributed by atoms with E-state index in [1.54, 1.807) is 13.0 Å². The van der Waals surface area contributed by atoms with E-state index in [9.17, 15) is 13.2 Å². The minimum absolute atomic E-state index is 0.154. The average molecular weight is 259 g/mol. The Morgan fingerprint density at radius 3 is 2.72 bits per heavy atom. The Morgan fingerprint density at radius 2 is 2.11 bits per heavy atom. The van der Waals surface area contributed by atoms with Crippen LogP contribution < -0.4 is 11.1 Å². The van der Waals surface area contributed by atoms with Crippen molar-refractivity contribution in [2.45, 2.75) is 13.1 Å². The van der Waals surface area contributed by atoms with E-state index >= 15 is 0 Å². The largest absolute Gasteiger partial charge is 0.435 e. The van der Waals surface area contributed by atoms with Gasteiger partial charge in [0.2, 0.25) is 0 Å². The van der Waals surface area contributed by atoms with Gasteiger partial charge in [0, 0.05) is 30.9 Å². The summed E-state index contributed by atoms with van der Waals surface area (Å²) in [5.74, 6) is 0.443. The minimum Gasteiger partial charge on any atom is -0.369 e. The van der Waals surface area contributed by atoms with Gasteiger partial charge in [-0.1, -0.05) is 0 Å². The molecule has 0 spiro atoms. The Bertz CT molecular complexity index is 560. The van der Waals surface area contributed by atoms with Crippen LogP contribution in [0, 0.1) is 6.92 Å². The highest BCUT2D eigenvalue weighted by Crippen LogP contribution is 2.29. The molecular weight excluding hydrogens is 247 g/mol. The molecule has 0 amide bonds. The average Bonchev–Trinajstić information content (AvgIpc) is 2.69. The number of anilines is 1. The van der Waals surface area contributed by atoms with Crippen molar-refractivity contribution in [3.8, 4) is 0 Å². The normalized spacial score (nSPS) is 12.1. The summed E-state index contributed by atoms with van der Waals surface area (Å²) < 4.78 is 38.8. The zero-order chi connectivity index (χ0) is 13.3. The highest BCUT2D eigenvalue weighted by molar-refractivity contribution is 5.50. The van der Waals surface area contributed by atoms with E-state index in [4.69, 9.17) is 5.73 Å². The molecule has 0 aliphatic heterocycles. The van der Waals surface area contributed by atoms with Crippen LogP contribution >= 0.6 is 0 Å². The topological polar surface area (TPSA) is 68.2 Å². The number of hydrogen-bond donors (Lipinski definition) is 2. The molecule has 98 valence electrons. The number of hydrogen-bond acceptors (Lipinski definition) is 4. The van der Waals surface area contributed by atoms with E-state index in [1.807, 2.05) is 0 Å². The molecule has 0 bridgehead atoms. The molecule has 3 N–H and O–H groups in total. The van der Waals surface area contributed by atoms with Gasteiger partial charge >= 0.3 is 6.18 Å². The van der Waals surface area contributed by atoms with Crippen LogP contribution in [0.15, 0.2) is 12.1 Å². The van der Waals surface area contributed by atoms with Crippen molar-refractivity contribution in [3.63, 3.8) is 0 Å². The Balaban J connectivity index is 2.53. The molecule has 2 heterocycles. The lowest BCUT2D eigenvalue weighted by Gasteiger charge is -2.07. The maximum absolute atomic E-state index is 12.6. The van der Waals surface area contributed by atoms with Crippen LogP contribution in [0.25, 0.3) is 5.65 Å². The van der Waals surface area contributed by atoms with Gasteiger partial charge in [0.25, 0.3) is 0 Å². The van der Waals surface area contributed by atoms with E-state index in [0.29, 0.717) is 24.6 Å². The number of rotatable bonds is 3. The fourth-order valence-corrected chi connectivity index (χ4v) is 1.56. The summed E-state index contributed by atoms with van der Waals surface area (Å²) in [6.45, 7) is 2.52. The summed E-state index contributed by atoms with van der Waals surface area (Å²) in [5.41, 5.74) is 5.15. The van der Waals surface area contributed by atoms with Crippen LogP contribution in [0.5, 0.6) is 0 Å². The standard InChI is InChI=1S/C10H12F3N5/c1-6-4-8(15-3-2-14)18-9(16-6)5-7(17-18)10(11,12)13/h4-5,15H,2-3,14H2,1H3. The molecule has 8 heteroatoms. The number of aromatic nitrogens is 3. The third kappa shape index (κ3) is 2.37. The van der Waals surface area contributed by atoms with Crippen molar-refractivity contribution < 1.29 is 13.2 Å². The van der Waals surface area contributed by atoms with Gasteiger partial charge < -0.3 is 11.1 Å². The zero-order valence-corrected chi connectivity index (χ0v) is 9.62. The Labute approximate surface area is 101 Å². The predicted molar refractivity (Wildman–Crippen MR) is 60.3 cm³/mol. The van der Waals surface area contributed by atoms with Crippen LogP contribution in [-0.2, 0) is 6.18 Å². The summed E-state index contributed by atoms with van der Waals surface area (Å²) in [7, 11) is 0. The van der Waals surface area contributed by atoms with Crippen LogP contribution in [0.3, 0.4) is 0 Å². The van der Waals surface area contributed by atoms with Crippen molar-refractivity contribution in [2.24, 2.45) is 5.73 Å². The van der Waals surface area contributed by atoms with Crippen LogP contribution in [0.2, 0.25) is 0 Å². The zero-order valence-electron chi connectivity index (χ0n) is 9.62. The highest BCUT2D eigenvalue weighted by atomic mass is 19.4. The molecule has 0 aromatic carbocycles. The number of fused-ring (bicyclic) bond motifs is 1. The molecule has 2 aromatic rings. The van der Waals surface area contributed by atoms with E-state index < -0.39 is 11.9 Å². The van der Waals surface area contributed by atoms with Crippen molar-refractivity contribution in [3.05, 3.63) is 23.5 Å². The Morgan fingerprint density at radius 1 is 1.39 bits per heavy atom. The summed E-state index contributed by atoms with van der Waals surface area (Å²) >= 11 is 0. The number of nitrogens with two attached hydrogens (primary N) is 1. The highest BCUT2D eigenvalue weighted by Gasteiger charge is 2.34. The lowest BCUT2D eigenvalue weighted by molar-refractivity contribution is -0.141. The van der Waals surface area contributed by atoms with Crippen molar-refractivity contribution in [2.75, 3.05) is 18.4 Å². The first-order chi connectivity index (χ1) is 8.41. The van der Waals surface area contributed by atoms with Crippen molar-refractivity contribution in [1.29, 1.82) is 0 Å². The van der Waals surface area contributed by atoms with Gasteiger partial charge in [-0.15, -0.1) is 0 Å². The summed E-state index contributed by atoms with van der Waals surface area (Å²) in [4.78, 5) is 4.01. The van der Waals surface area contributed by atoms with E-state index in [2.05, 4.69) is 15.4 Å². The first-order valence-electron chi connectivity index (χ1n) is 5.30. The lowest BCUT2D eigenvalue weighted by atomic mass is 10.4. The Hall–Kier alpha value is -1.83. The van der Waals surface area contributed by atoms with Gasteiger partial charge in [0.1, 0.15) is 5.82 Å². The van der Waals surface area contributed by atoms with Gasteiger partial charge in [-0.25, -0.2) is 4.98 Å². The van der Waals surface area contributed by atoms with Crippen LogP contribution in [-0.4, -0.2) is 27.7 Å². The summed E-state index contributed by atoms with van der Waals surface area (Å²) in [6.07, 6.45) is -4.48. The molecule has 0 atom stereocenters. The van der Waals surface area contributed by atoms with Gasteiger partial charge in [0.05, 0.1) is 0 Å².